The highest BCUT2D eigenvalue weighted by molar-refractivity contribution is 5.87. The van der Waals surface area contributed by atoms with Gasteiger partial charge in [0.2, 0.25) is 11.8 Å². The van der Waals surface area contributed by atoms with E-state index in [1.54, 1.807) is 11.8 Å². The summed E-state index contributed by atoms with van der Waals surface area (Å²) in [5.74, 6) is -2.45. The molecule has 0 saturated carbocycles. The molecule has 1 saturated heterocycles. The summed E-state index contributed by atoms with van der Waals surface area (Å²) >= 11 is 0. The van der Waals surface area contributed by atoms with Crippen LogP contribution in [0.3, 0.4) is 0 Å². The molecule has 2 unspecified atom stereocenters. The summed E-state index contributed by atoms with van der Waals surface area (Å²) in [4.78, 5) is 25.7. The molecule has 1 aromatic rings. The molecule has 0 aliphatic carbocycles. The van der Waals surface area contributed by atoms with E-state index in [2.05, 4.69) is 11.9 Å². The first-order chi connectivity index (χ1) is 12.4. The number of nitrogens with one attached hydrogen (secondary N) is 1. The van der Waals surface area contributed by atoms with Crippen molar-refractivity contribution in [2.75, 3.05) is 13.1 Å². The van der Waals surface area contributed by atoms with E-state index in [1.165, 1.54) is 12.1 Å². The highest BCUT2D eigenvalue weighted by atomic mass is 19.1. The van der Waals surface area contributed by atoms with Crippen molar-refractivity contribution in [3.63, 3.8) is 0 Å². The van der Waals surface area contributed by atoms with E-state index in [1.807, 2.05) is 0 Å². The quantitative estimate of drug-likeness (QED) is 0.759. The average Bonchev–Trinajstić information content (AvgIpc) is 2.65. The number of amides is 2. The van der Waals surface area contributed by atoms with E-state index >= 15 is 0 Å². The van der Waals surface area contributed by atoms with Gasteiger partial charge >= 0.3 is 0 Å². The molecule has 1 aromatic carbocycles. The van der Waals surface area contributed by atoms with Crippen LogP contribution >= 0.6 is 0 Å². The van der Waals surface area contributed by atoms with Crippen LogP contribution in [0.2, 0.25) is 0 Å². The minimum absolute atomic E-state index is 0.166. The fourth-order valence-corrected chi connectivity index (χ4v) is 3.19. The number of piperidine rings is 1. The fraction of sp³-hybridized carbons (Fsp3) is 0.474. The molecule has 142 valence electrons. The zero-order chi connectivity index (χ0) is 19.3. The molecular weight excluding hydrogens is 342 g/mol. The molecule has 0 bridgehead atoms. The molecule has 2 N–H and O–H groups in total. The van der Waals surface area contributed by atoms with E-state index in [9.17, 15) is 23.5 Å². The van der Waals surface area contributed by atoms with Crippen LogP contribution in [0, 0.1) is 17.6 Å². The van der Waals surface area contributed by atoms with Gasteiger partial charge in [-0.15, -0.1) is 0 Å². The lowest BCUT2D eigenvalue weighted by Crippen LogP contribution is -2.46. The third-order valence-corrected chi connectivity index (χ3v) is 4.80. The monoisotopic (exact) mass is 366 g/mol. The number of benzene rings is 1. The van der Waals surface area contributed by atoms with Gasteiger partial charge in [-0.3, -0.25) is 9.59 Å². The molecule has 2 amide bonds. The number of likely N-dealkylation sites (tertiary alicyclic amines) is 1. The van der Waals surface area contributed by atoms with Crippen molar-refractivity contribution in [1.82, 2.24) is 10.2 Å². The van der Waals surface area contributed by atoms with Gasteiger partial charge in [0.1, 0.15) is 17.7 Å². The summed E-state index contributed by atoms with van der Waals surface area (Å²) in [6.07, 6.45) is 1.06. The van der Waals surface area contributed by atoms with Crippen molar-refractivity contribution < 1.29 is 23.5 Å². The summed E-state index contributed by atoms with van der Waals surface area (Å²) in [6.45, 7) is 6.06. The fourth-order valence-electron chi connectivity index (χ4n) is 3.19. The number of carbonyl (C=O) groups excluding carboxylic acids is 2. The summed E-state index contributed by atoms with van der Waals surface area (Å²) in [6, 6.07) is 2.56. The Balaban J connectivity index is 2.00. The normalized spacial score (nSPS) is 17.5. The van der Waals surface area contributed by atoms with Crippen molar-refractivity contribution in [1.29, 1.82) is 0 Å². The molecule has 0 radical (unpaired) electrons. The number of halogens is 2. The Kier molecular flexibility index (Phi) is 6.85. The molecule has 2 atom stereocenters. The van der Waals surface area contributed by atoms with Crippen LogP contribution < -0.4 is 5.32 Å². The largest absolute Gasteiger partial charge is 0.386 e. The predicted octanol–water partition coefficient (Wildman–Crippen LogP) is 2.32. The molecule has 1 heterocycles. The van der Waals surface area contributed by atoms with Crippen molar-refractivity contribution in [3.8, 4) is 0 Å². The molecule has 2 rings (SSSR count). The van der Waals surface area contributed by atoms with Crippen molar-refractivity contribution in [2.24, 2.45) is 5.92 Å². The van der Waals surface area contributed by atoms with Gasteiger partial charge in [0.05, 0.1) is 11.6 Å². The standard InChI is InChI=1S/C19H24F2N2O3/c1-3-15(18(25)17-13(20)6-5-7-14(17)21)22-19(26)12-8-10-23(11-9-12)16(24)4-2/h4-7,12,15,18,25H,2-3,8-11H2,1H3,(H,22,26). The van der Waals surface area contributed by atoms with E-state index < -0.39 is 29.3 Å². The van der Waals surface area contributed by atoms with Crippen LogP contribution in [0.4, 0.5) is 8.78 Å². The SMILES string of the molecule is C=CC(=O)N1CCC(C(=O)NC(CC)C(O)c2c(F)cccc2F)CC1. The van der Waals surface area contributed by atoms with Gasteiger partial charge in [0.15, 0.2) is 0 Å². The van der Waals surface area contributed by atoms with E-state index in [0.29, 0.717) is 32.4 Å². The zero-order valence-corrected chi connectivity index (χ0v) is 14.8. The van der Waals surface area contributed by atoms with Gasteiger partial charge in [-0.05, 0) is 37.5 Å². The molecule has 0 aromatic heterocycles. The Bertz CT molecular complexity index is 652. The van der Waals surface area contributed by atoms with Crippen LogP contribution in [-0.4, -0.2) is 41.0 Å². The Morgan fingerprint density at radius 3 is 2.42 bits per heavy atom. The first-order valence-corrected chi connectivity index (χ1v) is 8.72. The molecule has 1 fully saturated rings. The third-order valence-electron chi connectivity index (χ3n) is 4.80. The second kappa shape index (κ2) is 8.89. The maximum absolute atomic E-state index is 13.9. The molecule has 7 heteroatoms. The van der Waals surface area contributed by atoms with Gasteiger partial charge in [0, 0.05) is 19.0 Å². The molecule has 1 aliphatic rings. The first-order valence-electron chi connectivity index (χ1n) is 8.72. The van der Waals surface area contributed by atoms with Crippen LogP contribution in [0.25, 0.3) is 0 Å². The number of nitrogens with zero attached hydrogens (tertiary/aromatic N) is 1. The van der Waals surface area contributed by atoms with Gasteiger partial charge in [0.25, 0.3) is 0 Å². The molecule has 5 nitrogen and oxygen atoms in total. The molecule has 26 heavy (non-hydrogen) atoms. The van der Waals surface area contributed by atoms with Crippen molar-refractivity contribution >= 4 is 11.8 Å². The first kappa shape index (κ1) is 20.0. The highest BCUT2D eigenvalue weighted by Crippen LogP contribution is 2.26. The average molecular weight is 366 g/mol. The van der Waals surface area contributed by atoms with Crippen LogP contribution in [0.1, 0.15) is 37.9 Å². The third kappa shape index (κ3) is 4.46. The lowest BCUT2D eigenvalue weighted by Gasteiger charge is -2.32. The number of carbonyl (C=O) groups is 2. The Morgan fingerprint density at radius 2 is 1.92 bits per heavy atom. The van der Waals surface area contributed by atoms with Gasteiger partial charge < -0.3 is 15.3 Å². The number of aliphatic hydroxyl groups is 1. The van der Waals surface area contributed by atoms with E-state index in [-0.39, 0.29) is 17.7 Å². The van der Waals surface area contributed by atoms with Crippen LogP contribution in [-0.2, 0) is 9.59 Å². The maximum atomic E-state index is 13.9. The highest BCUT2D eigenvalue weighted by Gasteiger charge is 2.31. The van der Waals surface area contributed by atoms with Crippen molar-refractivity contribution in [3.05, 3.63) is 48.1 Å². The van der Waals surface area contributed by atoms with E-state index in [0.717, 1.165) is 12.1 Å². The summed E-state index contributed by atoms with van der Waals surface area (Å²) in [5, 5.41) is 13.1. The van der Waals surface area contributed by atoms with Gasteiger partial charge in [-0.1, -0.05) is 19.6 Å². The Morgan fingerprint density at radius 1 is 1.35 bits per heavy atom. The Hall–Kier alpha value is -2.28. The van der Waals surface area contributed by atoms with Crippen LogP contribution in [0.15, 0.2) is 30.9 Å². The van der Waals surface area contributed by atoms with Crippen LogP contribution in [0.5, 0.6) is 0 Å². The van der Waals surface area contributed by atoms with E-state index in [4.69, 9.17) is 0 Å². The zero-order valence-electron chi connectivity index (χ0n) is 14.8. The minimum Gasteiger partial charge on any atom is -0.386 e. The minimum atomic E-state index is -1.48. The number of aliphatic hydroxyl groups excluding tert-OH is 1. The number of rotatable bonds is 6. The summed E-state index contributed by atoms with van der Waals surface area (Å²) < 4.78 is 27.8. The molecular formula is C19H24F2N2O3. The van der Waals surface area contributed by atoms with Gasteiger partial charge in [-0.25, -0.2) is 8.78 Å². The number of hydrogen-bond acceptors (Lipinski definition) is 3. The predicted molar refractivity (Wildman–Crippen MR) is 93.0 cm³/mol. The molecule has 1 aliphatic heterocycles. The van der Waals surface area contributed by atoms with Gasteiger partial charge in [-0.2, -0.15) is 0 Å². The Labute approximate surface area is 151 Å². The second-order valence-corrected chi connectivity index (χ2v) is 6.41. The summed E-state index contributed by atoms with van der Waals surface area (Å²) in [5.41, 5.74) is -0.439. The number of hydrogen-bond donors (Lipinski definition) is 2. The summed E-state index contributed by atoms with van der Waals surface area (Å²) in [7, 11) is 0. The lowest BCUT2D eigenvalue weighted by molar-refractivity contribution is -0.133. The maximum Gasteiger partial charge on any atom is 0.245 e. The topological polar surface area (TPSA) is 69.6 Å². The second-order valence-electron chi connectivity index (χ2n) is 6.41. The lowest BCUT2D eigenvalue weighted by atomic mass is 9.93. The van der Waals surface area contributed by atoms with Crippen molar-refractivity contribution in [2.45, 2.75) is 38.3 Å². The smallest absolute Gasteiger partial charge is 0.245 e. The molecule has 0 spiro atoms.